The van der Waals surface area contributed by atoms with Gasteiger partial charge in [0.1, 0.15) is 0 Å². The number of benzene rings is 2. The number of aliphatic hydroxyl groups excluding tert-OH is 1. The number of nitrogens with zero attached hydrogens (tertiary/aromatic N) is 2. The van der Waals surface area contributed by atoms with Gasteiger partial charge in [-0.15, -0.1) is 0 Å². The van der Waals surface area contributed by atoms with Crippen LogP contribution in [0.1, 0.15) is 42.5 Å². The highest BCUT2D eigenvalue weighted by molar-refractivity contribution is 5.75. The molecule has 0 spiro atoms. The summed E-state index contributed by atoms with van der Waals surface area (Å²) in [5, 5.41) is 11.2. The Bertz CT molecular complexity index is 1140. The Labute approximate surface area is 181 Å². The van der Waals surface area contributed by atoms with E-state index in [4.69, 9.17) is 9.47 Å². The Morgan fingerprint density at radius 2 is 1.74 bits per heavy atom. The summed E-state index contributed by atoms with van der Waals surface area (Å²) in [6.45, 7) is 1.72. The molecule has 2 aliphatic rings. The summed E-state index contributed by atoms with van der Waals surface area (Å²) in [7, 11) is 3.25. The number of hydrogen-bond donors (Lipinski definition) is 2. The van der Waals surface area contributed by atoms with Gasteiger partial charge in [-0.3, -0.25) is 9.47 Å². The molecule has 7 nitrogen and oxygen atoms in total. The molecule has 1 fully saturated rings. The first-order valence-corrected chi connectivity index (χ1v) is 11.0. The standard InChI is InChI=1S/C24H29N3O4/c1-30-21-13-15-7-8-20(23(28)17(15)14-22(21)31-2)26-11-9-16(10-12-26)27-19-6-4-3-5-18(19)25-24(27)29/h3-6,13-14,16,20,23,28H,7-12H2,1-2H3,(H,25,29). The third kappa shape index (κ3) is 3.42. The lowest BCUT2D eigenvalue weighted by molar-refractivity contribution is 0.0186. The number of aliphatic hydroxyl groups is 1. The Hall–Kier alpha value is -2.77. The molecule has 0 bridgehead atoms. The van der Waals surface area contributed by atoms with Crippen LogP contribution in [0.2, 0.25) is 0 Å². The van der Waals surface area contributed by atoms with Crippen molar-refractivity contribution in [2.75, 3.05) is 27.3 Å². The summed E-state index contributed by atoms with van der Waals surface area (Å²) >= 11 is 0. The minimum absolute atomic E-state index is 0.0349. The van der Waals surface area contributed by atoms with Gasteiger partial charge in [0.05, 0.1) is 31.4 Å². The lowest BCUT2D eigenvalue weighted by atomic mass is 9.83. The van der Waals surface area contributed by atoms with Crippen molar-refractivity contribution in [3.05, 3.63) is 58.0 Å². The van der Waals surface area contributed by atoms with Crippen molar-refractivity contribution in [3.63, 3.8) is 0 Å². The molecule has 0 amide bonds. The van der Waals surface area contributed by atoms with Crippen molar-refractivity contribution in [2.24, 2.45) is 0 Å². The van der Waals surface area contributed by atoms with Crippen molar-refractivity contribution in [3.8, 4) is 11.5 Å². The van der Waals surface area contributed by atoms with Gasteiger partial charge >= 0.3 is 5.69 Å². The maximum Gasteiger partial charge on any atom is 0.326 e. The van der Waals surface area contributed by atoms with E-state index < -0.39 is 6.10 Å². The number of H-pyrrole nitrogens is 1. The fraction of sp³-hybridized carbons (Fsp3) is 0.458. The van der Waals surface area contributed by atoms with Crippen molar-refractivity contribution < 1.29 is 14.6 Å². The van der Waals surface area contributed by atoms with Crippen LogP contribution in [0.3, 0.4) is 0 Å². The highest BCUT2D eigenvalue weighted by Crippen LogP contribution is 2.40. The molecule has 31 heavy (non-hydrogen) atoms. The number of hydrogen-bond acceptors (Lipinski definition) is 5. The lowest BCUT2D eigenvalue weighted by Gasteiger charge is -2.42. The average Bonchev–Trinajstić information content (AvgIpc) is 3.14. The van der Waals surface area contributed by atoms with Crippen LogP contribution >= 0.6 is 0 Å². The number of likely N-dealkylation sites (tertiary alicyclic amines) is 1. The normalized spacial score (nSPS) is 22.4. The molecule has 0 radical (unpaired) electrons. The summed E-state index contributed by atoms with van der Waals surface area (Å²) in [5.74, 6) is 1.36. The van der Waals surface area contributed by atoms with E-state index in [-0.39, 0.29) is 17.8 Å². The number of para-hydroxylation sites is 2. The molecule has 164 valence electrons. The third-order valence-electron chi connectivity index (χ3n) is 7.00. The van der Waals surface area contributed by atoms with Gasteiger partial charge in [-0.05, 0) is 61.1 Å². The zero-order chi connectivity index (χ0) is 21.5. The van der Waals surface area contributed by atoms with Crippen LogP contribution in [0.4, 0.5) is 0 Å². The number of fused-ring (bicyclic) bond motifs is 2. The summed E-state index contributed by atoms with van der Waals surface area (Å²) in [6.07, 6.45) is 3.03. The van der Waals surface area contributed by atoms with E-state index in [1.54, 1.807) is 14.2 Å². The molecule has 1 aliphatic heterocycles. The van der Waals surface area contributed by atoms with Crippen LogP contribution in [0.5, 0.6) is 11.5 Å². The minimum atomic E-state index is -0.559. The second-order valence-electron chi connectivity index (χ2n) is 8.54. The van der Waals surface area contributed by atoms with Gasteiger partial charge in [-0.2, -0.15) is 0 Å². The van der Waals surface area contributed by atoms with Crippen LogP contribution in [0.25, 0.3) is 11.0 Å². The number of aromatic nitrogens is 2. The van der Waals surface area contributed by atoms with E-state index >= 15 is 0 Å². The predicted molar refractivity (Wildman–Crippen MR) is 119 cm³/mol. The zero-order valence-corrected chi connectivity index (χ0v) is 18.0. The maximum absolute atomic E-state index is 12.6. The molecule has 2 N–H and O–H groups in total. The lowest BCUT2D eigenvalue weighted by Crippen LogP contribution is -2.47. The Morgan fingerprint density at radius 3 is 2.48 bits per heavy atom. The molecule has 2 atom stereocenters. The molecule has 5 rings (SSSR count). The fourth-order valence-corrected chi connectivity index (χ4v) is 5.39. The first-order chi connectivity index (χ1) is 15.1. The molecule has 2 unspecified atom stereocenters. The summed E-state index contributed by atoms with van der Waals surface area (Å²) in [5.41, 5.74) is 3.88. The number of methoxy groups -OCH3 is 2. The van der Waals surface area contributed by atoms with Gasteiger partial charge in [-0.1, -0.05) is 12.1 Å². The van der Waals surface area contributed by atoms with Crippen LogP contribution in [-0.2, 0) is 6.42 Å². The van der Waals surface area contributed by atoms with Crippen LogP contribution < -0.4 is 15.2 Å². The second-order valence-corrected chi connectivity index (χ2v) is 8.54. The average molecular weight is 424 g/mol. The quantitative estimate of drug-likeness (QED) is 0.674. The smallest absolute Gasteiger partial charge is 0.326 e. The van der Waals surface area contributed by atoms with Gasteiger partial charge in [0.25, 0.3) is 0 Å². The molecule has 1 aliphatic carbocycles. The molecular formula is C24H29N3O4. The van der Waals surface area contributed by atoms with E-state index in [9.17, 15) is 9.90 Å². The van der Waals surface area contributed by atoms with Crippen molar-refractivity contribution in [1.29, 1.82) is 0 Å². The predicted octanol–water partition coefficient (Wildman–Crippen LogP) is 3.03. The molecule has 7 heteroatoms. The number of aryl methyl sites for hydroxylation is 1. The Morgan fingerprint density at radius 1 is 1.03 bits per heavy atom. The molecular weight excluding hydrogens is 394 g/mol. The van der Waals surface area contributed by atoms with E-state index in [2.05, 4.69) is 9.88 Å². The van der Waals surface area contributed by atoms with Crippen LogP contribution in [0.15, 0.2) is 41.2 Å². The Kier molecular flexibility index (Phi) is 5.24. The largest absolute Gasteiger partial charge is 0.493 e. The summed E-state index contributed by atoms with van der Waals surface area (Å²) < 4.78 is 12.8. The fourth-order valence-electron chi connectivity index (χ4n) is 5.39. The third-order valence-corrected chi connectivity index (χ3v) is 7.00. The van der Waals surface area contributed by atoms with Crippen LogP contribution in [0, 0.1) is 0 Å². The Balaban J connectivity index is 1.33. The number of piperidine rings is 1. The monoisotopic (exact) mass is 423 g/mol. The highest BCUT2D eigenvalue weighted by Gasteiger charge is 2.35. The molecule has 2 heterocycles. The number of nitrogens with one attached hydrogen (secondary N) is 1. The minimum Gasteiger partial charge on any atom is -0.493 e. The molecule has 3 aromatic rings. The number of rotatable bonds is 4. The van der Waals surface area contributed by atoms with E-state index in [1.165, 1.54) is 0 Å². The van der Waals surface area contributed by atoms with Gasteiger partial charge in [0.15, 0.2) is 11.5 Å². The topological polar surface area (TPSA) is 79.7 Å². The first kappa shape index (κ1) is 20.2. The van der Waals surface area contributed by atoms with Gasteiger partial charge in [-0.25, -0.2) is 4.79 Å². The van der Waals surface area contributed by atoms with Crippen LogP contribution in [-0.4, -0.2) is 52.9 Å². The van der Waals surface area contributed by atoms with E-state index in [1.807, 2.05) is 41.0 Å². The second kappa shape index (κ2) is 8.05. The van der Waals surface area contributed by atoms with E-state index in [0.29, 0.717) is 11.5 Å². The van der Waals surface area contributed by atoms with Crippen molar-refractivity contribution in [1.82, 2.24) is 14.5 Å². The van der Waals surface area contributed by atoms with Gasteiger partial charge in [0, 0.05) is 25.2 Å². The molecule has 1 aromatic heterocycles. The van der Waals surface area contributed by atoms with Crippen molar-refractivity contribution in [2.45, 2.75) is 43.9 Å². The number of aromatic amines is 1. The number of ether oxygens (including phenoxy) is 2. The van der Waals surface area contributed by atoms with Crippen molar-refractivity contribution >= 4 is 11.0 Å². The zero-order valence-electron chi connectivity index (χ0n) is 18.0. The molecule has 2 aromatic carbocycles. The maximum atomic E-state index is 12.6. The molecule has 0 saturated carbocycles. The number of imidazole rings is 1. The highest BCUT2D eigenvalue weighted by atomic mass is 16.5. The van der Waals surface area contributed by atoms with Gasteiger partial charge < -0.3 is 19.6 Å². The first-order valence-electron chi connectivity index (χ1n) is 11.0. The summed E-state index contributed by atoms with van der Waals surface area (Å²) in [4.78, 5) is 17.9. The SMILES string of the molecule is COc1cc2c(cc1OC)C(O)C(N1CCC(n3c(=O)[nH]c4ccccc43)CC1)CC2. The summed E-state index contributed by atoms with van der Waals surface area (Å²) in [6, 6.07) is 12.0. The molecule has 1 saturated heterocycles. The van der Waals surface area contributed by atoms with E-state index in [0.717, 1.165) is 60.9 Å². The van der Waals surface area contributed by atoms with Gasteiger partial charge in [0.2, 0.25) is 0 Å².